The average Bonchev–Trinajstić information content (AvgIpc) is 2.72. The third-order valence-corrected chi connectivity index (χ3v) is 4.06. The van der Waals surface area contributed by atoms with Crippen LogP contribution in [0.25, 0.3) is 5.69 Å². The van der Waals surface area contributed by atoms with Gasteiger partial charge in [-0.15, -0.1) is 0 Å². The van der Waals surface area contributed by atoms with Crippen molar-refractivity contribution in [2.75, 3.05) is 0 Å². The zero-order valence-electron chi connectivity index (χ0n) is 11.9. The molecule has 1 aliphatic rings. The fraction of sp³-hybridized carbons (Fsp3) is 0.438. The number of aromatic nitrogens is 2. The van der Waals surface area contributed by atoms with Gasteiger partial charge in [0.2, 0.25) is 0 Å². The third kappa shape index (κ3) is 2.08. The molecule has 1 atom stereocenters. The maximum absolute atomic E-state index is 6.30. The van der Waals surface area contributed by atoms with Crippen LogP contribution in [0.2, 0.25) is 0 Å². The van der Waals surface area contributed by atoms with Gasteiger partial charge in [0.1, 0.15) is 0 Å². The molecule has 0 amide bonds. The molecule has 1 aromatic heterocycles. The zero-order chi connectivity index (χ0) is 13.6. The molecule has 0 bridgehead atoms. The van der Waals surface area contributed by atoms with Crippen molar-refractivity contribution in [1.29, 1.82) is 0 Å². The summed E-state index contributed by atoms with van der Waals surface area (Å²) in [5.74, 6) is 0. The summed E-state index contributed by atoms with van der Waals surface area (Å²) in [7, 11) is 0. The number of fused-ring (bicyclic) bond motifs is 1. The minimum atomic E-state index is 0.108. The van der Waals surface area contributed by atoms with E-state index < -0.39 is 0 Å². The van der Waals surface area contributed by atoms with Gasteiger partial charge >= 0.3 is 0 Å². The van der Waals surface area contributed by atoms with Crippen LogP contribution in [0.3, 0.4) is 0 Å². The molecule has 1 heterocycles. The van der Waals surface area contributed by atoms with E-state index in [4.69, 9.17) is 5.73 Å². The van der Waals surface area contributed by atoms with Crippen LogP contribution in [-0.2, 0) is 6.42 Å². The molecule has 0 fully saturated rings. The third-order valence-electron chi connectivity index (χ3n) is 4.06. The number of aryl methyl sites for hydroxylation is 1. The highest BCUT2D eigenvalue weighted by Gasteiger charge is 2.33. The van der Waals surface area contributed by atoms with E-state index in [9.17, 15) is 0 Å². The highest BCUT2D eigenvalue weighted by atomic mass is 15.3. The van der Waals surface area contributed by atoms with E-state index in [2.05, 4.69) is 54.8 Å². The van der Waals surface area contributed by atoms with Gasteiger partial charge in [0, 0.05) is 17.3 Å². The van der Waals surface area contributed by atoms with Gasteiger partial charge in [-0.25, -0.2) is 4.68 Å². The highest BCUT2D eigenvalue weighted by Crippen LogP contribution is 2.40. The molecular weight excluding hydrogens is 234 g/mol. The molecule has 1 aliphatic carbocycles. The Morgan fingerprint density at radius 2 is 2.05 bits per heavy atom. The molecule has 19 heavy (non-hydrogen) atoms. The molecule has 0 aliphatic heterocycles. The molecular formula is C16H21N3. The number of para-hydroxylation sites is 1. The van der Waals surface area contributed by atoms with E-state index in [0.29, 0.717) is 0 Å². The Kier molecular flexibility index (Phi) is 2.75. The Bertz CT molecular complexity index is 610. The first-order valence-corrected chi connectivity index (χ1v) is 6.86. The van der Waals surface area contributed by atoms with Crippen LogP contribution in [0.15, 0.2) is 30.5 Å². The summed E-state index contributed by atoms with van der Waals surface area (Å²) in [6, 6.07) is 8.47. The fourth-order valence-electron chi connectivity index (χ4n) is 3.11. The lowest BCUT2D eigenvalue weighted by Gasteiger charge is -2.33. The first-order chi connectivity index (χ1) is 8.98. The SMILES string of the molecule is Cc1ccccc1-n1ncc2c1CC(C)(C)C[C@@H]2N. The predicted octanol–water partition coefficient (Wildman–Crippen LogP) is 3.15. The Hall–Kier alpha value is -1.61. The lowest BCUT2D eigenvalue weighted by atomic mass is 9.74. The number of hydrogen-bond donors (Lipinski definition) is 1. The second-order valence-corrected chi connectivity index (χ2v) is 6.40. The van der Waals surface area contributed by atoms with Crippen molar-refractivity contribution in [2.45, 2.75) is 39.7 Å². The number of hydrogen-bond acceptors (Lipinski definition) is 2. The van der Waals surface area contributed by atoms with E-state index in [1.165, 1.54) is 16.8 Å². The molecule has 0 spiro atoms. The Morgan fingerprint density at radius 1 is 1.32 bits per heavy atom. The average molecular weight is 255 g/mol. The van der Waals surface area contributed by atoms with Gasteiger partial charge in [-0.05, 0) is 36.8 Å². The van der Waals surface area contributed by atoms with Crippen molar-refractivity contribution in [1.82, 2.24) is 9.78 Å². The number of rotatable bonds is 1. The van der Waals surface area contributed by atoms with Gasteiger partial charge in [0.15, 0.2) is 0 Å². The number of nitrogens with two attached hydrogens (primary N) is 1. The van der Waals surface area contributed by atoms with Crippen LogP contribution in [-0.4, -0.2) is 9.78 Å². The van der Waals surface area contributed by atoms with Crippen molar-refractivity contribution < 1.29 is 0 Å². The second kappa shape index (κ2) is 4.20. The van der Waals surface area contributed by atoms with Gasteiger partial charge in [-0.2, -0.15) is 5.10 Å². The van der Waals surface area contributed by atoms with E-state index >= 15 is 0 Å². The molecule has 3 nitrogen and oxygen atoms in total. The Labute approximate surface area is 114 Å². The minimum Gasteiger partial charge on any atom is -0.324 e. The minimum absolute atomic E-state index is 0.108. The van der Waals surface area contributed by atoms with Crippen molar-refractivity contribution in [3.63, 3.8) is 0 Å². The summed E-state index contributed by atoms with van der Waals surface area (Å²) < 4.78 is 2.07. The van der Waals surface area contributed by atoms with E-state index in [1.807, 2.05) is 6.20 Å². The van der Waals surface area contributed by atoms with E-state index in [1.54, 1.807) is 0 Å². The van der Waals surface area contributed by atoms with Crippen LogP contribution in [0, 0.1) is 12.3 Å². The smallest absolute Gasteiger partial charge is 0.0678 e. The summed E-state index contributed by atoms with van der Waals surface area (Å²) in [5.41, 5.74) is 11.4. The Balaban J connectivity index is 2.14. The normalized spacial score (nSPS) is 21.2. The summed E-state index contributed by atoms with van der Waals surface area (Å²) in [6.07, 6.45) is 4.01. The van der Waals surface area contributed by atoms with Crippen molar-refractivity contribution >= 4 is 0 Å². The van der Waals surface area contributed by atoms with Crippen LogP contribution in [0.4, 0.5) is 0 Å². The van der Waals surface area contributed by atoms with Gasteiger partial charge in [-0.3, -0.25) is 0 Å². The quantitative estimate of drug-likeness (QED) is 0.850. The molecule has 3 rings (SSSR count). The maximum atomic E-state index is 6.30. The predicted molar refractivity (Wildman–Crippen MR) is 77.3 cm³/mol. The molecule has 0 radical (unpaired) electrons. The number of benzene rings is 1. The maximum Gasteiger partial charge on any atom is 0.0678 e. The second-order valence-electron chi connectivity index (χ2n) is 6.40. The van der Waals surface area contributed by atoms with Crippen molar-refractivity contribution in [3.8, 4) is 5.69 Å². The van der Waals surface area contributed by atoms with Crippen LogP contribution < -0.4 is 5.73 Å². The van der Waals surface area contributed by atoms with E-state index in [-0.39, 0.29) is 11.5 Å². The Morgan fingerprint density at radius 3 is 2.79 bits per heavy atom. The van der Waals surface area contributed by atoms with Gasteiger partial charge < -0.3 is 5.73 Å². The standard InChI is InChI=1S/C16H21N3/c1-11-6-4-5-7-14(11)19-15-9-16(2,3)8-13(17)12(15)10-18-19/h4-7,10,13H,8-9,17H2,1-3H3/t13-/m0/s1. The van der Waals surface area contributed by atoms with E-state index in [0.717, 1.165) is 18.5 Å². The van der Waals surface area contributed by atoms with Crippen LogP contribution in [0.1, 0.15) is 43.1 Å². The van der Waals surface area contributed by atoms with Gasteiger partial charge in [-0.1, -0.05) is 32.0 Å². The van der Waals surface area contributed by atoms with Gasteiger partial charge in [0.05, 0.1) is 11.9 Å². The summed E-state index contributed by atoms with van der Waals surface area (Å²) in [5, 5.41) is 4.58. The first kappa shape index (κ1) is 12.4. The zero-order valence-corrected chi connectivity index (χ0v) is 11.9. The fourth-order valence-corrected chi connectivity index (χ4v) is 3.11. The van der Waals surface area contributed by atoms with Crippen molar-refractivity contribution in [3.05, 3.63) is 47.3 Å². The van der Waals surface area contributed by atoms with Crippen LogP contribution in [0.5, 0.6) is 0 Å². The molecule has 1 aromatic carbocycles. The summed E-state index contributed by atoms with van der Waals surface area (Å²) in [6.45, 7) is 6.69. The number of nitrogens with zero attached hydrogens (tertiary/aromatic N) is 2. The molecule has 100 valence electrons. The van der Waals surface area contributed by atoms with Crippen LogP contribution >= 0.6 is 0 Å². The molecule has 0 saturated carbocycles. The topological polar surface area (TPSA) is 43.8 Å². The molecule has 2 N–H and O–H groups in total. The molecule has 0 unspecified atom stereocenters. The molecule has 2 aromatic rings. The lowest BCUT2D eigenvalue weighted by Crippen LogP contribution is -2.30. The van der Waals surface area contributed by atoms with Crippen molar-refractivity contribution in [2.24, 2.45) is 11.1 Å². The lowest BCUT2D eigenvalue weighted by molar-refractivity contribution is 0.278. The highest BCUT2D eigenvalue weighted by molar-refractivity contribution is 5.43. The summed E-state index contributed by atoms with van der Waals surface area (Å²) in [4.78, 5) is 0. The monoisotopic (exact) mass is 255 g/mol. The molecule has 0 saturated heterocycles. The summed E-state index contributed by atoms with van der Waals surface area (Å²) >= 11 is 0. The largest absolute Gasteiger partial charge is 0.324 e. The van der Waals surface area contributed by atoms with Gasteiger partial charge in [0.25, 0.3) is 0 Å². The first-order valence-electron chi connectivity index (χ1n) is 6.86. The molecule has 3 heteroatoms.